The number of hydrogen-bond acceptors (Lipinski definition) is 6. The van der Waals surface area contributed by atoms with E-state index in [2.05, 4.69) is 20.7 Å². The van der Waals surface area contributed by atoms with E-state index in [4.69, 9.17) is 4.74 Å². The molecule has 0 radical (unpaired) electrons. The van der Waals surface area contributed by atoms with Crippen LogP contribution in [0.5, 0.6) is 0 Å². The summed E-state index contributed by atoms with van der Waals surface area (Å²) in [6.45, 7) is 4.79. The Morgan fingerprint density at radius 3 is 1.97 bits per heavy atom. The van der Waals surface area contributed by atoms with E-state index in [0.29, 0.717) is 0 Å². The molecule has 0 heterocycles. The van der Waals surface area contributed by atoms with Gasteiger partial charge in [-0.25, -0.2) is 9.59 Å². The van der Waals surface area contributed by atoms with E-state index in [9.17, 15) is 19.2 Å². The largest absolute Gasteiger partial charge is 0.467 e. The van der Waals surface area contributed by atoms with E-state index in [0.717, 1.165) is 11.1 Å². The second-order valence-corrected chi connectivity index (χ2v) is 8.23. The average Bonchev–Trinajstić information content (AvgIpc) is 2.87. The van der Waals surface area contributed by atoms with Crippen LogP contribution in [-0.2, 0) is 36.9 Å². The molecule has 0 aromatic heterocycles. The van der Waals surface area contributed by atoms with E-state index < -0.39 is 41.5 Å². The number of benzene rings is 2. The lowest BCUT2D eigenvalue weighted by Crippen LogP contribution is -2.62. The third-order valence-corrected chi connectivity index (χ3v) is 5.60. The standard InChI is InChI=1S/C26H33N3O6/c1-5-26(16-20-12-8-6-9-13-20,29-25(33)35-17-21-14-10-7-11-15-21)24(32)28-18(2)22(30)27-19(3)23(31)34-4/h6-15,18-19H,5,16-17H2,1-4H3,(H,27,30)(H,28,32)(H,29,33)/t18-,19-,26+/m0/s1. The van der Waals surface area contributed by atoms with Crippen LogP contribution in [0.1, 0.15) is 38.3 Å². The molecule has 2 aromatic carbocycles. The van der Waals surface area contributed by atoms with Crippen molar-refractivity contribution < 1.29 is 28.7 Å². The van der Waals surface area contributed by atoms with Crippen LogP contribution in [0.4, 0.5) is 4.79 Å². The Kier molecular flexibility index (Phi) is 10.3. The Morgan fingerprint density at radius 1 is 0.857 bits per heavy atom. The first-order valence-corrected chi connectivity index (χ1v) is 11.4. The molecule has 0 aliphatic heterocycles. The van der Waals surface area contributed by atoms with Crippen LogP contribution in [0.15, 0.2) is 60.7 Å². The van der Waals surface area contributed by atoms with E-state index in [1.54, 1.807) is 6.92 Å². The van der Waals surface area contributed by atoms with Gasteiger partial charge in [0, 0.05) is 6.42 Å². The topological polar surface area (TPSA) is 123 Å². The van der Waals surface area contributed by atoms with Gasteiger partial charge in [0.1, 0.15) is 24.2 Å². The van der Waals surface area contributed by atoms with Crippen molar-refractivity contribution in [3.63, 3.8) is 0 Å². The number of amides is 3. The molecule has 9 heteroatoms. The molecule has 3 atom stereocenters. The molecule has 0 aliphatic rings. The predicted octanol–water partition coefficient (Wildman–Crippen LogP) is 2.49. The van der Waals surface area contributed by atoms with E-state index in [1.165, 1.54) is 21.0 Å². The number of carbonyl (C=O) groups is 4. The first kappa shape index (κ1) is 27.4. The monoisotopic (exact) mass is 483 g/mol. The normalized spacial score (nSPS) is 13.9. The molecule has 9 nitrogen and oxygen atoms in total. The summed E-state index contributed by atoms with van der Waals surface area (Å²) in [5.74, 6) is -1.71. The highest BCUT2D eigenvalue weighted by Gasteiger charge is 2.40. The fraction of sp³-hybridized carbons (Fsp3) is 0.385. The van der Waals surface area contributed by atoms with Crippen LogP contribution in [-0.4, -0.2) is 48.6 Å². The van der Waals surface area contributed by atoms with Gasteiger partial charge in [0.25, 0.3) is 0 Å². The summed E-state index contributed by atoms with van der Waals surface area (Å²) in [7, 11) is 1.22. The van der Waals surface area contributed by atoms with Crippen molar-refractivity contribution in [2.24, 2.45) is 0 Å². The maximum absolute atomic E-state index is 13.4. The third-order valence-electron chi connectivity index (χ3n) is 5.60. The number of carbonyl (C=O) groups excluding carboxylic acids is 4. The lowest BCUT2D eigenvalue weighted by molar-refractivity contribution is -0.144. The second-order valence-electron chi connectivity index (χ2n) is 8.23. The predicted molar refractivity (Wildman–Crippen MR) is 130 cm³/mol. The molecule has 3 amide bonds. The van der Waals surface area contributed by atoms with Crippen molar-refractivity contribution >= 4 is 23.9 Å². The van der Waals surface area contributed by atoms with Crippen molar-refractivity contribution in [2.75, 3.05) is 7.11 Å². The lowest BCUT2D eigenvalue weighted by atomic mass is 9.87. The Morgan fingerprint density at radius 2 is 1.43 bits per heavy atom. The quantitative estimate of drug-likeness (QED) is 0.422. The summed E-state index contributed by atoms with van der Waals surface area (Å²) in [5.41, 5.74) is 0.254. The zero-order chi connectivity index (χ0) is 25.8. The molecule has 0 fully saturated rings. The SMILES string of the molecule is CC[C@](Cc1ccccc1)(NC(=O)OCc1ccccc1)C(=O)N[C@@H](C)C(=O)N[C@@H](C)C(=O)OC. The van der Waals surface area contributed by atoms with Crippen LogP contribution in [0.25, 0.3) is 0 Å². The molecule has 188 valence electrons. The van der Waals surface area contributed by atoms with Crippen molar-refractivity contribution in [1.29, 1.82) is 0 Å². The van der Waals surface area contributed by atoms with Gasteiger partial charge in [-0.2, -0.15) is 0 Å². The fourth-order valence-corrected chi connectivity index (χ4v) is 3.43. The van der Waals surface area contributed by atoms with Gasteiger partial charge in [0.15, 0.2) is 0 Å². The zero-order valence-electron chi connectivity index (χ0n) is 20.5. The van der Waals surface area contributed by atoms with Crippen molar-refractivity contribution in [2.45, 2.75) is 57.8 Å². The number of alkyl carbamates (subject to hydrolysis) is 1. The van der Waals surface area contributed by atoms with E-state index in [-0.39, 0.29) is 19.4 Å². The Bertz CT molecular complexity index is 999. The summed E-state index contributed by atoms with van der Waals surface area (Å²) in [5, 5.41) is 7.89. The zero-order valence-corrected chi connectivity index (χ0v) is 20.5. The first-order valence-electron chi connectivity index (χ1n) is 11.4. The van der Waals surface area contributed by atoms with E-state index in [1.807, 2.05) is 60.7 Å². The minimum absolute atomic E-state index is 0.0453. The van der Waals surface area contributed by atoms with Crippen LogP contribution in [0.2, 0.25) is 0 Å². The number of esters is 1. The Hall–Kier alpha value is -3.88. The Labute approximate surface area is 205 Å². The van der Waals surface area contributed by atoms with Crippen molar-refractivity contribution in [1.82, 2.24) is 16.0 Å². The summed E-state index contributed by atoms with van der Waals surface area (Å²) >= 11 is 0. The fourth-order valence-electron chi connectivity index (χ4n) is 3.43. The van der Waals surface area contributed by atoms with Crippen LogP contribution in [0, 0.1) is 0 Å². The minimum Gasteiger partial charge on any atom is -0.467 e. The Balaban J connectivity index is 2.16. The van der Waals surface area contributed by atoms with Crippen LogP contribution in [0.3, 0.4) is 0 Å². The first-order chi connectivity index (χ1) is 16.7. The van der Waals surface area contributed by atoms with Gasteiger partial charge in [-0.05, 0) is 31.4 Å². The molecule has 2 rings (SSSR count). The average molecular weight is 484 g/mol. The highest BCUT2D eigenvalue weighted by atomic mass is 16.5. The third kappa shape index (κ3) is 8.13. The summed E-state index contributed by atoms with van der Waals surface area (Å²) in [6.07, 6.45) is -0.330. The number of methoxy groups -OCH3 is 1. The van der Waals surface area contributed by atoms with Gasteiger partial charge in [-0.1, -0.05) is 67.6 Å². The van der Waals surface area contributed by atoms with Crippen LogP contribution < -0.4 is 16.0 Å². The van der Waals surface area contributed by atoms with Crippen molar-refractivity contribution in [3.05, 3.63) is 71.8 Å². The molecule has 0 aliphatic carbocycles. The van der Waals surface area contributed by atoms with Gasteiger partial charge < -0.3 is 25.4 Å². The number of rotatable bonds is 11. The smallest absolute Gasteiger partial charge is 0.408 e. The summed E-state index contributed by atoms with van der Waals surface area (Å²) < 4.78 is 9.96. The maximum Gasteiger partial charge on any atom is 0.408 e. The molecule has 0 unspecified atom stereocenters. The number of ether oxygens (including phenoxy) is 2. The molecule has 3 N–H and O–H groups in total. The molecule has 0 spiro atoms. The van der Waals surface area contributed by atoms with Gasteiger partial charge in [0.05, 0.1) is 7.11 Å². The number of hydrogen-bond donors (Lipinski definition) is 3. The molecular formula is C26H33N3O6. The van der Waals surface area contributed by atoms with Gasteiger partial charge >= 0.3 is 12.1 Å². The van der Waals surface area contributed by atoms with Crippen LogP contribution >= 0.6 is 0 Å². The molecular weight excluding hydrogens is 450 g/mol. The second kappa shape index (κ2) is 13.1. The molecule has 2 aromatic rings. The molecule has 35 heavy (non-hydrogen) atoms. The van der Waals surface area contributed by atoms with Gasteiger partial charge in [-0.3, -0.25) is 9.59 Å². The summed E-state index contributed by atoms with van der Waals surface area (Å²) in [4.78, 5) is 50.3. The maximum atomic E-state index is 13.4. The van der Waals surface area contributed by atoms with Gasteiger partial charge in [0.2, 0.25) is 11.8 Å². The minimum atomic E-state index is -1.38. The summed E-state index contributed by atoms with van der Waals surface area (Å²) in [6, 6.07) is 16.6. The molecule has 0 bridgehead atoms. The molecule has 0 saturated heterocycles. The highest BCUT2D eigenvalue weighted by Crippen LogP contribution is 2.19. The van der Waals surface area contributed by atoms with E-state index >= 15 is 0 Å². The van der Waals surface area contributed by atoms with Crippen molar-refractivity contribution in [3.8, 4) is 0 Å². The number of nitrogens with one attached hydrogen (secondary N) is 3. The lowest BCUT2D eigenvalue weighted by Gasteiger charge is -2.33. The van der Waals surface area contributed by atoms with Gasteiger partial charge in [-0.15, -0.1) is 0 Å². The highest BCUT2D eigenvalue weighted by molar-refractivity contribution is 5.95. The molecule has 0 saturated carbocycles.